The van der Waals surface area contributed by atoms with Crippen molar-refractivity contribution in [3.8, 4) is 0 Å². The van der Waals surface area contributed by atoms with Gasteiger partial charge in [0.05, 0.1) is 19.3 Å². The van der Waals surface area contributed by atoms with E-state index in [-0.39, 0.29) is 11.9 Å². The number of morpholine rings is 1. The lowest BCUT2D eigenvalue weighted by Crippen LogP contribution is -2.51. The van der Waals surface area contributed by atoms with E-state index in [1.165, 1.54) is 12.8 Å². The highest BCUT2D eigenvalue weighted by Gasteiger charge is 2.32. The first-order valence-electron chi connectivity index (χ1n) is 6.85. The fraction of sp³-hybridized carbons (Fsp3) is 0.923. The Morgan fingerprint density at radius 1 is 1.41 bits per heavy atom. The van der Waals surface area contributed by atoms with Crippen LogP contribution in [-0.2, 0) is 9.53 Å². The minimum atomic E-state index is -0.0568. The van der Waals surface area contributed by atoms with E-state index in [1.54, 1.807) is 0 Å². The number of hydrogen-bond acceptors (Lipinski definition) is 3. The molecule has 4 heteroatoms. The zero-order valence-corrected chi connectivity index (χ0v) is 10.9. The third kappa shape index (κ3) is 3.42. The van der Waals surface area contributed by atoms with E-state index in [4.69, 9.17) is 4.74 Å². The minimum Gasteiger partial charge on any atom is -0.378 e. The minimum absolute atomic E-state index is 0.0568. The van der Waals surface area contributed by atoms with E-state index < -0.39 is 0 Å². The fourth-order valence-electron chi connectivity index (χ4n) is 2.54. The van der Waals surface area contributed by atoms with Gasteiger partial charge in [-0.25, -0.2) is 0 Å². The molecule has 2 rings (SSSR count). The Bertz CT molecular complexity index is 260. The molecular formula is C13H24N2O2. The van der Waals surface area contributed by atoms with Gasteiger partial charge in [-0.3, -0.25) is 4.79 Å². The van der Waals surface area contributed by atoms with Crippen molar-refractivity contribution in [3.63, 3.8) is 0 Å². The number of carbonyl (C=O) groups excluding carboxylic acids is 1. The molecule has 4 nitrogen and oxygen atoms in total. The Kier molecular flexibility index (Phi) is 4.40. The molecule has 2 unspecified atom stereocenters. The van der Waals surface area contributed by atoms with Crippen LogP contribution in [0.2, 0.25) is 0 Å². The lowest BCUT2D eigenvalue weighted by Gasteiger charge is -2.31. The number of nitrogens with zero attached hydrogens (tertiary/aromatic N) is 1. The number of nitrogens with one attached hydrogen (secondary N) is 1. The molecule has 2 atom stereocenters. The molecule has 1 saturated carbocycles. The number of amides is 1. The Morgan fingerprint density at radius 3 is 2.59 bits per heavy atom. The van der Waals surface area contributed by atoms with Crippen molar-refractivity contribution in [2.75, 3.05) is 26.3 Å². The number of rotatable bonds is 5. The van der Waals surface area contributed by atoms with E-state index >= 15 is 0 Å². The zero-order chi connectivity index (χ0) is 12.3. The van der Waals surface area contributed by atoms with Crippen LogP contribution in [0.5, 0.6) is 0 Å². The molecule has 1 saturated heterocycles. The summed E-state index contributed by atoms with van der Waals surface area (Å²) in [5.41, 5.74) is 0. The van der Waals surface area contributed by atoms with Crippen LogP contribution in [0.15, 0.2) is 0 Å². The predicted octanol–water partition coefficient (Wildman–Crippen LogP) is 1.01. The molecule has 98 valence electrons. The highest BCUT2D eigenvalue weighted by Crippen LogP contribution is 2.34. The number of hydrogen-bond donors (Lipinski definition) is 1. The van der Waals surface area contributed by atoms with Crippen LogP contribution in [0.4, 0.5) is 0 Å². The fourth-order valence-corrected chi connectivity index (χ4v) is 2.54. The van der Waals surface area contributed by atoms with Crippen LogP contribution in [0.1, 0.15) is 33.1 Å². The van der Waals surface area contributed by atoms with Gasteiger partial charge in [-0.1, -0.05) is 6.92 Å². The highest BCUT2D eigenvalue weighted by molar-refractivity contribution is 5.81. The van der Waals surface area contributed by atoms with E-state index in [0.29, 0.717) is 19.3 Å². The lowest BCUT2D eigenvalue weighted by molar-refractivity contribution is -0.137. The maximum Gasteiger partial charge on any atom is 0.239 e. The van der Waals surface area contributed by atoms with Gasteiger partial charge in [0, 0.05) is 19.1 Å². The molecule has 1 N–H and O–H groups in total. The van der Waals surface area contributed by atoms with E-state index in [0.717, 1.165) is 25.4 Å². The summed E-state index contributed by atoms with van der Waals surface area (Å²) in [4.78, 5) is 14.1. The third-order valence-electron chi connectivity index (χ3n) is 3.79. The van der Waals surface area contributed by atoms with Crippen molar-refractivity contribution in [1.82, 2.24) is 10.2 Å². The maximum absolute atomic E-state index is 12.2. The van der Waals surface area contributed by atoms with Crippen LogP contribution >= 0.6 is 0 Å². The summed E-state index contributed by atoms with van der Waals surface area (Å²) in [6, 6.07) is 0.466. The maximum atomic E-state index is 12.2. The monoisotopic (exact) mass is 240 g/mol. The molecule has 0 radical (unpaired) electrons. The summed E-state index contributed by atoms with van der Waals surface area (Å²) < 4.78 is 5.27. The smallest absolute Gasteiger partial charge is 0.239 e. The van der Waals surface area contributed by atoms with E-state index in [2.05, 4.69) is 12.2 Å². The normalized spacial score (nSPS) is 24.5. The van der Waals surface area contributed by atoms with Gasteiger partial charge in [0.25, 0.3) is 0 Å². The topological polar surface area (TPSA) is 41.6 Å². The van der Waals surface area contributed by atoms with Crippen molar-refractivity contribution in [1.29, 1.82) is 0 Å². The number of carbonyl (C=O) groups is 1. The standard InChI is InChI=1S/C13H24N2O2/c1-3-12(11-4-5-11)14-10(2)13(16)15-6-8-17-9-7-15/h10-12,14H,3-9H2,1-2H3. The first-order valence-corrected chi connectivity index (χ1v) is 6.85. The molecule has 0 spiro atoms. The molecule has 2 fully saturated rings. The summed E-state index contributed by atoms with van der Waals surface area (Å²) in [5, 5.41) is 3.49. The van der Waals surface area contributed by atoms with E-state index in [9.17, 15) is 4.79 Å². The van der Waals surface area contributed by atoms with E-state index in [1.807, 2.05) is 11.8 Å². The SMILES string of the molecule is CCC(NC(C)C(=O)N1CCOCC1)C1CC1. The number of ether oxygens (including phenoxy) is 1. The van der Waals surface area contributed by atoms with Crippen LogP contribution in [0.25, 0.3) is 0 Å². The molecule has 1 aliphatic heterocycles. The Morgan fingerprint density at radius 2 is 2.06 bits per heavy atom. The summed E-state index contributed by atoms with van der Waals surface area (Å²) in [6.45, 7) is 7.03. The summed E-state index contributed by atoms with van der Waals surface area (Å²) >= 11 is 0. The summed E-state index contributed by atoms with van der Waals surface area (Å²) in [6.07, 6.45) is 3.76. The second-order valence-corrected chi connectivity index (χ2v) is 5.18. The summed E-state index contributed by atoms with van der Waals surface area (Å²) in [5.74, 6) is 1.03. The third-order valence-corrected chi connectivity index (χ3v) is 3.79. The Labute approximate surface area is 104 Å². The van der Waals surface area contributed by atoms with Crippen LogP contribution in [0.3, 0.4) is 0 Å². The van der Waals surface area contributed by atoms with Crippen molar-refractivity contribution in [3.05, 3.63) is 0 Å². The second-order valence-electron chi connectivity index (χ2n) is 5.18. The van der Waals surface area contributed by atoms with Crippen LogP contribution in [-0.4, -0.2) is 49.2 Å². The zero-order valence-electron chi connectivity index (χ0n) is 10.9. The largest absolute Gasteiger partial charge is 0.378 e. The van der Waals surface area contributed by atoms with Gasteiger partial charge in [-0.05, 0) is 32.1 Å². The molecule has 1 heterocycles. The van der Waals surface area contributed by atoms with Gasteiger partial charge in [0.2, 0.25) is 5.91 Å². The quantitative estimate of drug-likeness (QED) is 0.780. The molecule has 1 aliphatic carbocycles. The average molecular weight is 240 g/mol. The van der Waals surface area contributed by atoms with Crippen LogP contribution < -0.4 is 5.32 Å². The molecular weight excluding hydrogens is 216 g/mol. The van der Waals surface area contributed by atoms with Crippen molar-refractivity contribution < 1.29 is 9.53 Å². The van der Waals surface area contributed by atoms with Gasteiger partial charge in [0.15, 0.2) is 0 Å². The molecule has 0 aromatic heterocycles. The van der Waals surface area contributed by atoms with Crippen molar-refractivity contribution in [2.45, 2.75) is 45.2 Å². The van der Waals surface area contributed by atoms with Crippen molar-refractivity contribution in [2.24, 2.45) is 5.92 Å². The van der Waals surface area contributed by atoms with Gasteiger partial charge < -0.3 is 15.0 Å². The predicted molar refractivity (Wildman–Crippen MR) is 66.8 cm³/mol. The molecule has 1 amide bonds. The second kappa shape index (κ2) is 5.83. The average Bonchev–Trinajstić information content (AvgIpc) is 3.20. The van der Waals surface area contributed by atoms with Gasteiger partial charge in [-0.15, -0.1) is 0 Å². The first-order chi connectivity index (χ1) is 8.22. The Hall–Kier alpha value is -0.610. The molecule has 2 aliphatic rings. The first kappa shape index (κ1) is 12.8. The van der Waals surface area contributed by atoms with Gasteiger partial charge >= 0.3 is 0 Å². The van der Waals surface area contributed by atoms with Crippen molar-refractivity contribution >= 4 is 5.91 Å². The van der Waals surface area contributed by atoms with Gasteiger partial charge in [0.1, 0.15) is 0 Å². The molecule has 0 bridgehead atoms. The highest BCUT2D eigenvalue weighted by atomic mass is 16.5. The lowest BCUT2D eigenvalue weighted by atomic mass is 10.1. The molecule has 17 heavy (non-hydrogen) atoms. The Balaban J connectivity index is 1.80. The molecule has 0 aromatic carbocycles. The summed E-state index contributed by atoms with van der Waals surface area (Å²) in [7, 11) is 0. The van der Waals surface area contributed by atoms with Gasteiger partial charge in [-0.2, -0.15) is 0 Å². The molecule has 0 aromatic rings. The van der Waals surface area contributed by atoms with Crippen LogP contribution in [0, 0.1) is 5.92 Å².